The summed E-state index contributed by atoms with van der Waals surface area (Å²) in [5.41, 5.74) is 5.17. The summed E-state index contributed by atoms with van der Waals surface area (Å²) in [6, 6.07) is -0.575. The van der Waals surface area contributed by atoms with Crippen molar-refractivity contribution in [3.8, 4) is 0 Å². The van der Waals surface area contributed by atoms with E-state index in [0.29, 0.717) is 19.5 Å². The molecule has 0 aromatic rings. The molecule has 3 N–H and O–H groups in total. The average Bonchev–Trinajstić information content (AvgIpc) is 2.35. The van der Waals surface area contributed by atoms with Crippen molar-refractivity contribution in [3.05, 3.63) is 0 Å². The summed E-state index contributed by atoms with van der Waals surface area (Å²) >= 11 is 4.09. The fourth-order valence-corrected chi connectivity index (χ4v) is 2.54. The smallest absolute Gasteiger partial charge is 0.245 e. The van der Waals surface area contributed by atoms with Crippen LogP contribution in [0.3, 0.4) is 0 Å². The number of hydrogen-bond donors (Lipinski definition) is 3. The first-order chi connectivity index (χ1) is 8.93. The lowest BCUT2D eigenvalue weighted by atomic mass is 9.93. The first-order valence-electron chi connectivity index (χ1n) is 6.39. The second-order valence-corrected chi connectivity index (χ2v) is 5.24. The number of thiol groups is 1. The minimum absolute atomic E-state index is 0.109. The number of carbonyl (C=O) groups is 3. The van der Waals surface area contributed by atoms with Crippen molar-refractivity contribution in [2.24, 2.45) is 11.7 Å². The molecule has 19 heavy (non-hydrogen) atoms. The van der Waals surface area contributed by atoms with Crippen LogP contribution < -0.4 is 11.1 Å². The summed E-state index contributed by atoms with van der Waals surface area (Å²) in [5, 5.41) is 2.59. The van der Waals surface area contributed by atoms with Gasteiger partial charge in [-0.25, -0.2) is 0 Å². The Morgan fingerprint density at radius 3 is 2.37 bits per heavy atom. The highest BCUT2D eigenvalue weighted by Gasteiger charge is 2.28. The van der Waals surface area contributed by atoms with Crippen molar-refractivity contribution < 1.29 is 14.4 Å². The van der Waals surface area contributed by atoms with E-state index < -0.39 is 6.04 Å². The van der Waals surface area contributed by atoms with Gasteiger partial charge in [0.15, 0.2) is 0 Å². The number of likely N-dealkylation sites (tertiary alicyclic amines) is 1. The largest absolute Gasteiger partial charge is 0.370 e. The molecule has 7 heteroatoms. The predicted molar refractivity (Wildman–Crippen MR) is 74.6 cm³/mol. The molecule has 1 fully saturated rings. The molecule has 0 radical (unpaired) electrons. The molecule has 0 spiro atoms. The Bertz CT molecular complexity index is 354. The number of primary amides is 1. The second kappa shape index (κ2) is 7.37. The first kappa shape index (κ1) is 15.8. The molecule has 0 bridgehead atoms. The van der Waals surface area contributed by atoms with Crippen LogP contribution in [0.25, 0.3) is 0 Å². The Morgan fingerprint density at radius 2 is 1.95 bits per heavy atom. The standard InChI is InChI=1S/C12H21N3O3S/c1-8(16)14-10(7-19)12(18)15-4-2-9(3-5-15)6-11(13)17/h9-10,19H,2-7H2,1H3,(H2,13,17)(H,14,16). The van der Waals surface area contributed by atoms with Crippen molar-refractivity contribution >= 4 is 30.4 Å². The van der Waals surface area contributed by atoms with Gasteiger partial charge in [-0.3, -0.25) is 14.4 Å². The zero-order chi connectivity index (χ0) is 14.4. The summed E-state index contributed by atoms with van der Waals surface area (Å²) in [7, 11) is 0. The summed E-state index contributed by atoms with van der Waals surface area (Å²) < 4.78 is 0. The van der Waals surface area contributed by atoms with Gasteiger partial charge in [0.1, 0.15) is 6.04 Å². The molecule has 108 valence electrons. The fraction of sp³-hybridized carbons (Fsp3) is 0.750. The minimum atomic E-state index is -0.575. The van der Waals surface area contributed by atoms with Gasteiger partial charge in [-0.1, -0.05) is 0 Å². The summed E-state index contributed by atoms with van der Waals surface area (Å²) in [6.07, 6.45) is 1.92. The lowest BCUT2D eigenvalue weighted by Crippen LogP contribution is -2.51. The van der Waals surface area contributed by atoms with Crippen LogP contribution in [-0.4, -0.2) is 47.5 Å². The lowest BCUT2D eigenvalue weighted by Gasteiger charge is -2.33. The molecule has 0 aromatic heterocycles. The zero-order valence-electron chi connectivity index (χ0n) is 11.1. The molecule has 3 amide bonds. The van der Waals surface area contributed by atoms with E-state index in [1.54, 1.807) is 4.90 Å². The molecule has 6 nitrogen and oxygen atoms in total. The molecule has 1 saturated heterocycles. The van der Waals surface area contributed by atoms with Gasteiger partial charge in [-0.2, -0.15) is 12.6 Å². The number of carbonyl (C=O) groups excluding carboxylic acids is 3. The van der Waals surface area contributed by atoms with Gasteiger partial charge in [-0.05, 0) is 18.8 Å². The average molecular weight is 287 g/mol. The summed E-state index contributed by atoms with van der Waals surface area (Å²) in [6.45, 7) is 2.57. The maximum absolute atomic E-state index is 12.2. The van der Waals surface area contributed by atoms with E-state index in [1.807, 2.05) is 0 Å². The van der Waals surface area contributed by atoms with E-state index in [9.17, 15) is 14.4 Å². The van der Waals surface area contributed by atoms with Crippen molar-refractivity contribution in [2.45, 2.75) is 32.2 Å². The van der Waals surface area contributed by atoms with Crippen LogP contribution in [-0.2, 0) is 14.4 Å². The SMILES string of the molecule is CC(=O)NC(CS)C(=O)N1CCC(CC(N)=O)CC1. The Morgan fingerprint density at radius 1 is 1.37 bits per heavy atom. The highest BCUT2D eigenvalue weighted by Crippen LogP contribution is 2.20. The Kier molecular flexibility index (Phi) is 6.14. The van der Waals surface area contributed by atoms with Crippen molar-refractivity contribution in [3.63, 3.8) is 0 Å². The molecule has 1 unspecified atom stereocenters. The number of hydrogen-bond acceptors (Lipinski definition) is 4. The van der Waals surface area contributed by atoms with Gasteiger partial charge in [0.25, 0.3) is 0 Å². The van der Waals surface area contributed by atoms with Crippen molar-refractivity contribution in [2.75, 3.05) is 18.8 Å². The van der Waals surface area contributed by atoms with Crippen LogP contribution in [0.4, 0.5) is 0 Å². The third-order valence-electron chi connectivity index (χ3n) is 3.27. The van der Waals surface area contributed by atoms with Gasteiger partial charge in [0.05, 0.1) is 0 Å². The van der Waals surface area contributed by atoms with Crippen LogP contribution in [0, 0.1) is 5.92 Å². The van der Waals surface area contributed by atoms with E-state index in [2.05, 4.69) is 17.9 Å². The second-order valence-electron chi connectivity index (χ2n) is 4.87. The number of nitrogens with zero attached hydrogens (tertiary/aromatic N) is 1. The Hall–Kier alpha value is -1.24. The monoisotopic (exact) mass is 287 g/mol. The van der Waals surface area contributed by atoms with Crippen molar-refractivity contribution in [1.82, 2.24) is 10.2 Å². The van der Waals surface area contributed by atoms with E-state index in [-0.39, 0.29) is 29.4 Å². The first-order valence-corrected chi connectivity index (χ1v) is 7.02. The van der Waals surface area contributed by atoms with Gasteiger partial charge < -0.3 is 16.0 Å². The van der Waals surface area contributed by atoms with E-state index in [1.165, 1.54) is 6.92 Å². The molecular formula is C12H21N3O3S. The minimum Gasteiger partial charge on any atom is -0.370 e. The zero-order valence-corrected chi connectivity index (χ0v) is 12.0. The molecule has 0 aromatic carbocycles. The highest BCUT2D eigenvalue weighted by atomic mass is 32.1. The summed E-state index contributed by atoms with van der Waals surface area (Å²) in [5.74, 6) is -0.105. The topological polar surface area (TPSA) is 92.5 Å². The van der Waals surface area contributed by atoms with E-state index in [0.717, 1.165) is 12.8 Å². The number of amides is 3. The fourth-order valence-electron chi connectivity index (χ4n) is 2.29. The van der Waals surface area contributed by atoms with E-state index >= 15 is 0 Å². The van der Waals surface area contributed by atoms with Crippen LogP contribution in [0.5, 0.6) is 0 Å². The molecule has 0 saturated carbocycles. The van der Waals surface area contributed by atoms with Gasteiger partial charge in [0, 0.05) is 32.2 Å². The number of rotatable bonds is 5. The van der Waals surface area contributed by atoms with Crippen LogP contribution in [0.15, 0.2) is 0 Å². The number of piperidine rings is 1. The number of nitrogens with one attached hydrogen (secondary N) is 1. The third kappa shape index (κ3) is 5.10. The maximum Gasteiger partial charge on any atom is 0.245 e. The Labute approximate surface area is 118 Å². The van der Waals surface area contributed by atoms with Gasteiger partial charge in [0.2, 0.25) is 17.7 Å². The number of nitrogens with two attached hydrogens (primary N) is 1. The third-order valence-corrected chi connectivity index (χ3v) is 3.64. The molecule has 0 aliphatic carbocycles. The molecule has 1 rings (SSSR count). The highest BCUT2D eigenvalue weighted by molar-refractivity contribution is 7.80. The quantitative estimate of drug-likeness (QED) is 0.597. The van der Waals surface area contributed by atoms with Gasteiger partial charge >= 0.3 is 0 Å². The Balaban J connectivity index is 2.47. The van der Waals surface area contributed by atoms with Gasteiger partial charge in [-0.15, -0.1) is 0 Å². The molecule has 1 atom stereocenters. The van der Waals surface area contributed by atoms with Crippen LogP contribution in [0.2, 0.25) is 0 Å². The summed E-state index contributed by atoms with van der Waals surface area (Å²) in [4.78, 5) is 35.7. The molecule has 1 heterocycles. The van der Waals surface area contributed by atoms with E-state index in [4.69, 9.17) is 5.73 Å². The van der Waals surface area contributed by atoms with Crippen LogP contribution >= 0.6 is 12.6 Å². The molecular weight excluding hydrogens is 266 g/mol. The molecule has 1 aliphatic heterocycles. The predicted octanol–water partition coefficient (Wildman–Crippen LogP) is -0.465. The maximum atomic E-state index is 12.2. The molecule has 1 aliphatic rings. The van der Waals surface area contributed by atoms with Crippen LogP contribution in [0.1, 0.15) is 26.2 Å². The lowest BCUT2D eigenvalue weighted by molar-refractivity contribution is -0.136. The normalized spacial score (nSPS) is 17.9. The van der Waals surface area contributed by atoms with Crippen molar-refractivity contribution in [1.29, 1.82) is 0 Å².